The van der Waals surface area contributed by atoms with Crippen LogP contribution in [0.4, 0.5) is 0 Å². The molecule has 2 saturated heterocycles. The Bertz CT molecular complexity index is 765. The van der Waals surface area contributed by atoms with Crippen LogP contribution in [0.5, 0.6) is 0 Å². The lowest BCUT2D eigenvalue weighted by molar-refractivity contribution is 0.328. The van der Waals surface area contributed by atoms with E-state index in [0.29, 0.717) is 0 Å². The summed E-state index contributed by atoms with van der Waals surface area (Å²) >= 11 is 0. The zero-order valence-corrected chi connectivity index (χ0v) is 15.8. The second kappa shape index (κ2) is 7.61. The molecule has 0 N–H and O–H groups in total. The molecule has 2 aromatic rings. The Kier molecular flexibility index (Phi) is 5.45. The van der Waals surface area contributed by atoms with Gasteiger partial charge >= 0.3 is 0 Å². The van der Waals surface area contributed by atoms with Crippen molar-refractivity contribution in [1.82, 2.24) is 0 Å². The van der Waals surface area contributed by atoms with Gasteiger partial charge in [-0.2, -0.15) is 0 Å². The minimum absolute atomic E-state index is 0.00666. The Morgan fingerprint density at radius 3 is 1.96 bits per heavy atom. The first-order valence-electron chi connectivity index (χ1n) is 9.18. The smallest absolute Gasteiger partial charge is 0.114 e. The molecule has 0 aliphatic carbocycles. The first-order valence-corrected chi connectivity index (χ1v) is 9.18. The number of hydrogen-bond acceptors (Lipinski definition) is 2. The maximum Gasteiger partial charge on any atom is 0.114 e. The summed E-state index contributed by atoms with van der Waals surface area (Å²) in [4.78, 5) is 0. The van der Waals surface area contributed by atoms with E-state index in [2.05, 4.69) is 75.5 Å². The molecule has 2 atom stereocenters. The van der Waals surface area contributed by atoms with Crippen molar-refractivity contribution in [3.05, 3.63) is 96.1 Å². The monoisotopic (exact) mass is 348 g/mol. The molecule has 2 heterocycles. The van der Waals surface area contributed by atoms with Crippen LogP contribution < -0.4 is 0 Å². The Hall–Kier alpha value is -2.16. The van der Waals surface area contributed by atoms with E-state index in [1.807, 2.05) is 12.2 Å². The Labute approximate surface area is 157 Å². The number of ether oxygens (including phenoxy) is 2. The highest BCUT2D eigenvalue weighted by Crippen LogP contribution is 2.40. The predicted molar refractivity (Wildman–Crippen MR) is 107 cm³/mol. The highest BCUT2D eigenvalue weighted by Gasteiger charge is 2.42. The number of hydrogen-bond donors (Lipinski definition) is 0. The van der Waals surface area contributed by atoms with Crippen molar-refractivity contribution in [2.45, 2.75) is 37.9 Å². The topological polar surface area (TPSA) is 25.1 Å². The van der Waals surface area contributed by atoms with Gasteiger partial charge in [0.05, 0.1) is 13.2 Å². The normalized spacial score (nSPS) is 25.6. The molecule has 0 amide bonds. The lowest BCUT2D eigenvalue weighted by Crippen LogP contribution is -2.05. The summed E-state index contributed by atoms with van der Waals surface area (Å²) in [6, 6.07) is 17.0. The van der Waals surface area contributed by atoms with E-state index in [0.717, 1.165) is 26.1 Å². The van der Waals surface area contributed by atoms with Gasteiger partial charge in [-0.1, -0.05) is 60.7 Å². The fourth-order valence-electron chi connectivity index (χ4n) is 3.07. The molecule has 2 fully saturated rings. The number of epoxide rings is 2. The molecule has 0 spiro atoms. The first kappa shape index (κ1) is 18.6. The van der Waals surface area contributed by atoms with E-state index in [-0.39, 0.29) is 11.2 Å². The quantitative estimate of drug-likeness (QED) is 0.521. The standard InChI is InChI=1S/2C12H14O/c1-3-6-10-7-4-5-8-11(10)12(2)9-13-12;1-3-4-10-5-7-11(8-6-10)12(2)9-13-12/h3-5,7-8H,1,6,9H2,2H3;3,5-8H,1,4,9H2,2H3. The molecule has 2 nitrogen and oxygen atoms in total. The number of benzene rings is 2. The molecule has 2 aliphatic heterocycles. The van der Waals surface area contributed by atoms with Crippen molar-refractivity contribution >= 4 is 0 Å². The van der Waals surface area contributed by atoms with Crippen LogP contribution in [-0.2, 0) is 33.5 Å². The third kappa shape index (κ3) is 4.32. The lowest BCUT2D eigenvalue weighted by Gasteiger charge is -2.10. The molecule has 2 heteroatoms. The average molecular weight is 348 g/mol. The molecule has 2 aliphatic rings. The van der Waals surface area contributed by atoms with E-state index >= 15 is 0 Å². The zero-order valence-electron chi connectivity index (χ0n) is 15.8. The Morgan fingerprint density at radius 1 is 0.846 bits per heavy atom. The fourth-order valence-corrected chi connectivity index (χ4v) is 3.07. The van der Waals surface area contributed by atoms with Gasteiger partial charge in [-0.05, 0) is 48.9 Å². The SMILES string of the molecule is C=CCc1ccc(C2(C)CO2)cc1.C=CCc1ccccc1C1(C)CO1. The summed E-state index contributed by atoms with van der Waals surface area (Å²) < 4.78 is 10.8. The Morgan fingerprint density at radius 2 is 1.42 bits per heavy atom. The average Bonchev–Trinajstić information content (AvgIpc) is 3.57. The summed E-state index contributed by atoms with van der Waals surface area (Å²) in [5, 5.41) is 0. The minimum atomic E-state index is -0.0143. The summed E-state index contributed by atoms with van der Waals surface area (Å²) in [5.74, 6) is 0. The van der Waals surface area contributed by atoms with E-state index in [1.54, 1.807) is 0 Å². The maximum atomic E-state index is 5.43. The van der Waals surface area contributed by atoms with Crippen molar-refractivity contribution in [3.8, 4) is 0 Å². The largest absolute Gasteiger partial charge is 0.365 e. The van der Waals surface area contributed by atoms with Gasteiger partial charge in [0.1, 0.15) is 11.2 Å². The second-order valence-electron chi connectivity index (χ2n) is 7.38. The molecule has 0 saturated carbocycles. The van der Waals surface area contributed by atoms with Crippen molar-refractivity contribution in [2.75, 3.05) is 13.2 Å². The second-order valence-corrected chi connectivity index (χ2v) is 7.38. The third-order valence-electron chi connectivity index (χ3n) is 5.05. The summed E-state index contributed by atoms with van der Waals surface area (Å²) in [6.07, 6.45) is 5.72. The highest BCUT2D eigenvalue weighted by molar-refractivity contribution is 5.36. The van der Waals surface area contributed by atoms with Gasteiger partial charge in [-0.3, -0.25) is 0 Å². The predicted octanol–water partition coefficient (Wildman–Crippen LogP) is 5.32. The lowest BCUT2D eigenvalue weighted by atomic mass is 9.94. The molecule has 4 rings (SSSR count). The maximum absolute atomic E-state index is 5.43. The first-order chi connectivity index (χ1) is 12.5. The fraction of sp³-hybridized carbons (Fsp3) is 0.333. The summed E-state index contributed by atoms with van der Waals surface area (Å²) in [6.45, 7) is 13.4. The van der Waals surface area contributed by atoms with E-state index in [1.165, 1.54) is 22.3 Å². The van der Waals surface area contributed by atoms with Crippen LogP contribution in [-0.4, -0.2) is 13.2 Å². The molecule has 26 heavy (non-hydrogen) atoms. The zero-order chi connectivity index (χ0) is 18.6. The molecule has 0 aromatic heterocycles. The van der Waals surface area contributed by atoms with Crippen LogP contribution >= 0.6 is 0 Å². The number of rotatable bonds is 6. The molecule has 0 radical (unpaired) electrons. The van der Waals surface area contributed by atoms with Crippen molar-refractivity contribution in [3.63, 3.8) is 0 Å². The summed E-state index contributed by atoms with van der Waals surface area (Å²) in [5.41, 5.74) is 5.22. The molecule has 136 valence electrons. The molecule has 2 aromatic carbocycles. The van der Waals surface area contributed by atoms with E-state index in [4.69, 9.17) is 9.47 Å². The van der Waals surface area contributed by atoms with Crippen molar-refractivity contribution < 1.29 is 9.47 Å². The van der Waals surface area contributed by atoms with Crippen LogP contribution in [0.2, 0.25) is 0 Å². The van der Waals surface area contributed by atoms with Gasteiger partial charge in [0, 0.05) is 0 Å². The van der Waals surface area contributed by atoms with Crippen molar-refractivity contribution in [2.24, 2.45) is 0 Å². The summed E-state index contributed by atoms with van der Waals surface area (Å²) in [7, 11) is 0. The van der Waals surface area contributed by atoms with Gasteiger partial charge in [0.15, 0.2) is 0 Å². The molecular formula is C24H28O2. The third-order valence-corrected chi connectivity index (χ3v) is 5.05. The van der Waals surface area contributed by atoms with E-state index in [9.17, 15) is 0 Å². The van der Waals surface area contributed by atoms with Crippen molar-refractivity contribution in [1.29, 1.82) is 0 Å². The molecular weight excluding hydrogens is 320 g/mol. The number of allylic oxidation sites excluding steroid dienone is 2. The molecule has 0 bridgehead atoms. The van der Waals surface area contributed by atoms with Gasteiger partial charge in [0.25, 0.3) is 0 Å². The van der Waals surface area contributed by atoms with Crippen LogP contribution in [0.15, 0.2) is 73.8 Å². The van der Waals surface area contributed by atoms with Gasteiger partial charge in [-0.15, -0.1) is 13.2 Å². The molecule has 2 unspecified atom stereocenters. The van der Waals surface area contributed by atoms with Crippen LogP contribution in [0, 0.1) is 0 Å². The van der Waals surface area contributed by atoms with Gasteiger partial charge in [0.2, 0.25) is 0 Å². The Balaban J connectivity index is 0.000000151. The van der Waals surface area contributed by atoms with Gasteiger partial charge < -0.3 is 9.47 Å². The highest BCUT2D eigenvalue weighted by atomic mass is 16.6. The van der Waals surface area contributed by atoms with Gasteiger partial charge in [-0.25, -0.2) is 0 Å². The van der Waals surface area contributed by atoms with Crippen LogP contribution in [0.1, 0.15) is 36.1 Å². The minimum Gasteiger partial charge on any atom is -0.365 e. The van der Waals surface area contributed by atoms with Crippen LogP contribution in [0.25, 0.3) is 0 Å². The van der Waals surface area contributed by atoms with E-state index < -0.39 is 0 Å². The van der Waals surface area contributed by atoms with Crippen LogP contribution in [0.3, 0.4) is 0 Å².